The molecule has 1 N–H and O–H groups in total. The van der Waals surface area contributed by atoms with Gasteiger partial charge in [-0.05, 0) is 38.3 Å². The molecule has 1 saturated heterocycles. The molecular formula is C19H26N2O2. The van der Waals surface area contributed by atoms with Gasteiger partial charge in [0.1, 0.15) is 6.04 Å². The molecule has 1 saturated carbocycles. The van der Waals surface area contributed by atoms with Gasteiger partial charge in [0.15, 0.2) is 0 Å². The Kier molecular flexibility index (Phi) is 4.99. The lowest BCUT2D eigenvalue weighted by Gasteiger charge is -2.26. The lowest BCUT2D eigenvalue weighted by molar-refractivity contribution is -0.124. The van der Waals surface area contributed by atoms with Gasteiger partial charge < -0.3 is 5.32 Å². The molecule has 2 aliphatic rings. The monoisotopic (exact) mass is 314 g/mol. The Morgan fingerprint density at radius 3 is 2.35 bits per heavy atom. The zero-order valence-corrected chi connectivity index (χ0v) is 13.9. The molecule has 4 heteroatoms. The zero-order valence-electron chi connectivity index (χ0n) is 13.9. The van der Waals surface area contributed by atoms with Gasteiger partial charge in [0.05, 0.1) is 0 Å². The average molecular weight is 314 g/mol. The van der Waals surface area contributed by atoms with Crippen LogP contribution in [0.15, 0.2) is 24.3 Å². The number of carbonyl (C=O) groups is 2. The molecule has 23 heavy (non-hydrogen) atoms. The van der Waals surface area contributed by atoms with Crippen molar-refractivity contribution in [3.63, 3.8) is 0 Å². The van der Waals surface area contributed by atoms with E-state index in [0.29, 0.717) is 12.8 Å². The summed E-state index contributed by atoms with van der Waals surface area (Å²) in [5, 5.41) is 3.20. The smallest absolute Gasteiger partial charge is 0.243 e. The predicted octanol–water partition coefficient (Wildman–Crippen LogP) is 3.33. The van der Waals surface area contributed by atoms with Crippen molar-refractivity contribution in [1.82, 2.24) is 5.32 Å². The number of nitrogens with one attached hydrogen (secondary N) is 1. The number of anilines is 1. The largest absolute Gasteiger partial charge is 0.352 e. The van der Waals surface area contributed by atoms with Gasteiger partial charge in [-0.25, -0.2) is 0 Å². The fourth-order valence-corrected chi connectivity index (χ4v) is 3.68. The second-order valence-corrected chi connectivity index (χ2v) is 6.85. The second-order valence-electron chi connectivity index (χ2n) is 6.85. The van der Waals surface area contributed by atoms with Crippen molar-refractivity contribution in [3.8, 4) is 0 Å². The quantitative estimate of drug-likeness (QED) is 0.870. The normalized spacial score (nSPS) is 22.9. The van der Waals surface area contributed by atoms with Gasteiger partial charge >= 0.3 is 0 Å². The summed E-state index contributed by atoms with van der Waals surface area (Å²) < 4.78 is 0. The van der Waals surface area contributed by atoms with Crippen LogP contribution in [-0.4, -0.2) is 23.9 Å². The molecular weight excluding hydrogens is 288 g/mol. The SMILES string of the molecule is Cc1ccc(N2C(=O)CCC2C(=O)NC2CCCCCC2)cc1. The second kappa shape index (κ2) is 7.16. The summed E-state index contributed by atoms with van der Waals surface area (Å²) in [6.07, 6.45) is 8.12. The van der Waals surface area contributed by atoms with Gasteiger partial charge in [0.2, 0.25) is 11.8 Å². The molecule has 2 amide bonds. The van der Waals surface area contributed by atoms with E-state index >= 15 is 0 Å². The Labute approximate surface area is 138 Å². The maximum Gasteiger partial charge on any atom is 0.243 e. The van der Waals surface area contributed by atoms with E-state index in [0.717, 1.165) is 24.1 Å². The molecule has 1 aliphatic carbocycles. The summed E-state index contributed by atoms with van der Waals surface area (Å²) in [4.78, 5) is 26.7. The molecule has 0 radical (unpaired) electrons. The molecule has 124 valence electrons. The van der Waals surface area contributed by atoms with Gasteiger partial charge in [-0.1, -0.05) is 43.4 Å². The Hall–Kier alpha value is -1.84. The topological polar surface area (TPSA) is 49.4 Å². The van der Waals surface area contributed by atoms with E-state index in [4.69, 9.17) is 0 Å². The molecule has 0 bridgehead atoms. The van der Waals surface area contributed by atoms with E-state index in [-0.39, 0.29) is 23.9 Å². The highest BCUT2D eigenvalue weighted by atomic mass is 16.2. The van der Waals surface area contributed by atoms with Crippen LogP contribution in [0.4, 0.5) is 5.69 Å². The van der Waals surface area contributed by atoms with Gasteiger partial charge in [-0.3, -0.25) is 14.5 Å². The molecule has 1 aromatic rings. The summed E-state index contributed by atoms with van der Waals surface area (Å²) in [6.45, 7) is 2.02. The van der Waals surface area contributed by atoms with Crippen LogP contribution in [0.2, 0.25) is 0 Å². The summed E-state index contributed by atoms with van der Waals surface area (Å²) in [6, 6.07) is 7.77. The third kappa shape index (κ3) is 3.74. The highest BCUT2D eigenvalue weighted by Gasteiger charge is 2.37. The minimum atomic E-state index is -0.353. The minimum Gasteiger partial charge on any atom is -0.352 e. The van der Waals surface area contributed by atoms with Gasteiger partial charge in [0.25, 0.3) is 0 Å². The van der Waals surface area contributed by atoms with Crippen molar-refractivity contribution in [2.24, 2.45) is 0 Å². The van der Waals surface area contributed by atoms with Crippen molar-refractivity contribution in [2.45, 2.75) is 70.4 Å². The van der Waals surface area contributed by atoms with Crippen molar-refractivity contribution in [3.05, 3.63) is 29.8 Å². The standard InChI is InChI=1S/C19H26N2O2/c1-14-8-10-16(11-9-14)21-17(12-13-18(21)22)19(23)20-15-6-4-2-3-5-7-15/h8-11,15,17H,2-7,12-13H2,1H3,(H,20,23). The Bertz CT molecular complexity index is 559. The predicted molar refractivity (Wildman–Crippen MR) is 91.3 cm³/mol. The molecule has 3 rings (SSSR count). The summed E-state index contributed by atoms with van der Waals surface area (Å²) >= 11 is 0. The summed E-state index contributed by atoms with van der Waals surface area (Å²) in [5.74, 6) is 0.0678. The number of rotatable bonds is 3. The van der Waals surface area contributed by atoms with E-state index < -0.39 is 0 Å². The minimum absolute atomic E-state index is 0.0170. The molecule has 1 heterocycles. The number of hydrogen-bond donors (Lipinski definition) is 1. The van der Waals surface area contributed by atoms with Crippen molar-refractivity contribution >= 4 is 17.5 Å². The summed E-state index contributed by atoms with van der Waals surface area (Å²) in [5.41, 5.74) is 1.99. The fraction of sp³-hybridized carbons (Fsp3) is 0.579. The molecule has 1 aromatic carbocycles. The van der Waals surface area contributed by atoms with Crippen LogP contribution >= 0.6 is 0 Å². The Balaban J connectivity index is 1.70. The summed E-state index contributed by atoms with van der Waals surface area (Å²) in [7, 11) is 0. The van der Waals surface area contributed by atoms with Crippen LogP contribution in [-0.2, 0) is 9.59 Å². The van der Waals surface area contributed by atoms with Crippen molar-refractivity contribution < 1.29 is 9.59 Å². The van der Waals surface area contributed by atoms with E-state index in [2.05, 4.69) is 5.32 Å². The molecule has 1 aliphatic heterocycles. The lowest BCUT2D eigenvalue weighted by atomic mass is 10.1. The first-order chi connectivity index (χ1) is 11.1. The van der Waals surface area contributed by atoms with Crippen LogP contribution in [0.25, 0.3) is 0 Å². The zero-order chi connectivity index (χ0) is 16.2. The first-order valence-corrected chi connectivity index (χ1v) is 8.84. The van der Waals surface area contributed by atoms with E-state index in [9.17, 15) is 9.59 Å². The van der Waals surface area contributed by atoms with Gasteiger partial charge in [-0.15, -0.1) is 0 Å². The Morgan fingerprint density at radius 1 is 1.04 bits per heavy atom. The van der Waals surface area contributed by atoms with Gasteiger partial charge in [-0.2, -0.15) is 0 Å². The highest BCUT2D eigenvalue weighted by molar-refractivity contribution is 6.03. The van der Waals surface area contributed by atoms with E-state index in [1.165, 1.54) is 25.7 Å². The molecule has 0 aromatic heterocycles. The molecule has 2 fully saturated rings. The molecule has 1 unspecified atom stereocenters. The van der Waals surface area contributed by atoms with Gasteiger partial charge in [0, 0.05) is 18.2 Å². The Morgan fingerprint density at radius 2 is 1.70 bits per heavy atom. The van der Waals surface area contributed by atoms with Crippen molar-refractivity contribution in [1.29, 1.82) is 0 Å². The first kappa shape index (κ1) is 16.0. The van der Waals surface area contributed by atoms with Crippen LogP contribution in [0.5, 0.6) is 0 Å². The first-order valence-electron chi connectivity index (χ1n) is 8.84. The maximum absolute atomic E-state index is 12.7. The van der Waals surface area contributed by atoms with Crippen LogP contribution < -0.4 is 10.2 Å². The average Bonchev–Trinajstić information content (AvgIpc) is 2.75. The lowest BCUT2D eigenvalue weighted by Crippen LogP contribution is -2.48. The van der Waals surface area contributed by atoms with E-state index in [1.54, 1.807) is 4.90 Å². The molecule has 0 spiro atoms. The van der Waals surface area contributed by atoms with Crippen LogP contribution in [0.3, 0.4) is 0 Å². The number of amides is 2. The number of aryl methyl sites for hydroxylation is 1. The number of carbonyl (C=O) groups excluding carboxylic acids is 2. The van der Waals surface area contributed by atoms with Crippen molar-refractivity contribution in [2.75, 3.05) is 4.90 Å². The molecule has 1 atom stereocenters. The van der Waals surface area contributed by atoms with E-state index in [1.807, 2.05) is 31.2 Å². The maximum atomic E-state index is 12.7. The highest BCUT2D eigenvalue weighted by Crippen LogP contribution is 2.27. The number of hydrogen-bond acceptors (Lipinski definition) is 2. The third-order valence-electron chi connectivity index (χ3n) is 5.03. The molecule has 4 nitrogen and oxygen atoms in total. The number of benzene rings is 1. The number of nitrogens with zero attached hydrogens (tertiary/aromatic N) is 1. The fourth-order valence-electron chi connectivity index (χ4n) is 3.68. The van der Waals surface area contributed by atoms with Crippen LogP contribution in [0.1, 0.15) is 56.9 Å². The third-order valence-corrected chi connectivity index (χ3v) is 5.03. The van der Waals surface area contributed by atoms with Crippen LogP contribution in [0, 0.1) is 6.92 Å².